The molecule has 86 valence electrons. The summed E-state index contributed by atoms with van der Waals surface area (Å²) in [4.78, 5) is 7.72. The molecular weight excluding hydrogens is 214 g/mol. The zero-order valence-corrected chi connectivity index (χ0v) is 9.41. The van der Waals surface area contributed by atoms with Gasteiger partial charge in [0.1, 0.15) is 0 Å². The molecule has 0 heterocycles. The number of nitrogens with two attached hydrogens (primary N) is 3. The molecule has 0 spiro atoms. The fourth-order valence-corrected chi connectivity index (χ4v) is 1.41. The van der Waals surface area contributed by atoms with Gasteiger partial charge in [0.15, 0.2) is 5.96 Å². The van der Waals surface area contributed by atoms with Crippen molar-refractivity contribution in [3.05, 3.63) is 12.2 Å². The molecule has 1 atom stereocenters. The molecule has 0 aromatic heterocycles. The highest BCUT2D eigenvalue weighted by Crippen LogP contribution is 2.16. The Morgan fingerprint density at radius 2 is 2.07 bits per heavy atom. The van der Waals surface area contributed by atoms with Gasteiger partial charge >= 0.3 is 0 Å². The highest BCUT2D eigenvalue weighted by Gasteiger charge is 2.06. The molecule has 0 aromatic rings. The quantitative estimate of drug-likeness (QED) is 0.363. The third kappa shape index (κ3) is 5.96. The van der Waals surface area contributed by atoms with Crippen LogP contribution < -0.4 is 17.2 Å². The van der Waals surface area contributed by atoms with Gasteiger partial charge < -0.3 is 17.2 Å². The molecule has 1 rings (SSSR count). The molecule has 0 bridgehead atoms. The zero-order chi connectivity index (χ0) is 10.4. The van der Waals surface area contributed by atoms with Gasteiger partial charge in [0.2, 0.25) is 5.96 Å². The van der Waals surface area contributed by atoms with Crippen molar-refractivity contribution in [2.45, 2.75) is 19.3 Å². The number of guanidine groups is 2. The van der Waals surface area contributed by atoms with Gasteiger partial charge in [-0.1, -0.05) is 12.2 Å². The summed E-state index contributed by atoms with van der Waals surface area (Å²) in [5, 5.41) is 0. The molecule has 0 aliphatic heterocycles. The minimum Gasteiger partial charge on any atom is -0.370 e. The first-order valence-corrected chi connectivity index (χ1v) is 4.74. The summed E-state index contributed by atoms with van der Waals surface area (Å²) in [6.45, 7) is 0.666. The summed E-state index contributed by atoms with van der Waals surface area (Å²) < 4.78 is 0. The lowest BCUT2D eigenvalue weighted by atomic mass is 9.96. The number of hydrogen-bond acceptors (Lipinski definition) is 1. The van der Waals surface area contributed by atoms with Gasteiger partial charge in [0, 0.05) is 6.54 Å². The maximum atomic E-state index is 5.47. The van der Waals surface area contributed by atoms with E-state index in [4.69, 9.17) is 17.2 Å². The van der Waals surface area contributed by atoms with Crippen LogP contribution in [0.15, 0.2) is 22.1 Å². The predicted molar refractivity (Wildman–Crippen MR) is 66.0 cm³/mol. The Morgan fingerprint density at radius 3 is 2.60 bits per heavy atom. The Kier molecular flexibility index (Phi) is 6.53. The molecular formula is C9H18ClN5. The van der Waals surface area contributed by atoms with Crippen LogP contribution in [0.2, 0.25) is 0 Å². The average Bonchev–Trinajstić information content (AvgIpc) is 2.15. The van der Waals surface area contributed by atoms with Crippen LogP contribution in [0.1, 0.15) is 19.3 Å². The van der Waals surface area contributed by atoms with Crippen LogP contribution in [0.3, 0.4) is 0 Å². The van der Waals surface area contributed by atoms with Gasteiger partial charge in [0.05, 0.1) is 0 Å². The van der Waals surface area contributed by atoms with Crippen LogP contribution in [0.4, 0.5) is 0 Å². The molecule has 1 aliphatic rings. The van der Waals surface area contributed by atoms with Gasteiger partial charge in [-0.25, -0.2) is 0 Å². The molecule has 1 aliphatic carbocycles. The van der Waals surface area contributed by atoms with E-state index in [1.165, 1.54) is 12.8 Å². The van der Waals surface area contributed by atoms with E-state index in [0.717, 1.165) is 6.42 Å². The summed E-state index contributed by atoms with van der Waals surface area (Å²) in [6, 6.07) is 0. The van der Waals surface area contributed by atoms with E-state index >= 15 is 0 Å². The SMILES string of the molecule is Cl.NC(N)=NC(N)=NCC1C=CCCC1. The third-order valence-electron chi connectivity index (χ3n) is 2.09. The fraction of sp³-hybridized carbons (Fsp3) is 0.556. The van der Waals surface area contributed by atoms with Crippen molar-refractivity contribution in [2.75, 3.05) is 6.54 Å². The molecule has 0 radical (unpaired) electrons. The average molecular weight is 232 g/mol. The maximum Gasteiger partial charge on any atom is 0.218 e. The number of aliphatic imine (C=N–C) groups is 2. The van der Waals surface area contributed by atoms with Crippen LogP contribution in [0.25, 0.3) is 0 Å². The first-order chi connectivity index (χ1) is 6.68. The van der Waals surface area contributed by atoms with Gasteiger partial charge in [-0.05, 0) is 25.2 Å². The van der Waals surface area contributed by atoms with Crippen LogP contribution in [-0.4, -0.2) is 18.5 Å². The van der Waals surface area contributed by atoms with Gasteiger partial charge in [0.25, 0.3) is 0 Å². The second-order valence-electron chi connectivity index (χ2n) is 3.35. The summed E-state index contributed by atoms with van der Waals surface area (Å²) in [6.07, 6.45) is 7.91. The highest BCUT2D eigenvalue weighted by molar-refractivity contribution is 5.92. The van der Waals surface area contributed by atoms with E-state index in [-0.39, 0.29) is 24.3 Å². The number of halogens is 1. The molecule has 1 unspecified atom stereocenters. The molecule has 0 fully saturated rings. The lowest BCUT2D eigenvalue weighted by molar-refractivity contribution is 0.551. The summed E-state index contributed by atoms with van der Waals surface area (Å²) in [5.74, 6) is 0.589. The molecule has 0 amide bonds. The third-order valence-corrected chi connectivity index (χ3v) is 2.09. The van der Waals surface area contributed by atoms with Crippen molar-refractivity contribution < 1.29 is 0 Å². The first-order valence-electron chi connectivity index (χ1n) is 4.74. The summed E-state index contributed by atoms with van der Waals surface area (Å²) in [7, 11) is 0. The normalized spacial score (nSPS) is 20.5. The van der Waals surface area contributed by atoms with E-state index in [9.17, 15) is 0 Å². The molecule has 0 aromatic carbocycles. The Labute approximate surface area is 95.9 Å². The second-order valence-corrected chi connectivity index (χ2v) is 3.35. The Bertz CT molecular complexity index is 268. The van der Waals surface area contributed by atoms with E-state index in [0.29, 0.717) is 12.5 Å². The van der Waals surface area contributed by atoms with Crippen molar-refractivity contribution in [3.63, 3.8) is 0 Å². The summed E-state index contributed by atoms with van der Waals surface area (Å²) in [5.41, 5.74) is 15.8. The zero-order valence-electron chi connectivity index (χ0n) is 8.60. The van der Waals surface area contributed by atoms with E-state index in [1.54, 1.807) is 0 Å². The van der Waals surface area contributed by atoms with Crippen molar-refractivity contribution in [3.8, 4) is 0 Å². The van der Waals surface area contributed by atoms with Crippen LogP contribution in [0, 0.1) is 5.92 Å². The van der Waals surface area contributed by atoms with E-state index in [1.807, 2.05) is 0 Å². The minimum atomic E-state index is -0.0505. The first kappa shape index (κ1) is 13.8. The molecule has 0 saturated carbocycles. The van der Waals surface area contributed by atoms with Crippen molar-refractivity contribution >= 4 is 24.3 Å². The van der Waals surface area contributed by atoms with Crippen LogP contribution in [0.5, 0.6) is 0 Å². The van der Waals surface area contributed by atoms with Crippen molar-refractivity contribution in [1.29, 1.82) is 0 Å². The maximum absolute atomic E-state index is 5.47. The van der Waals surface area contributed by atoms with Crippen LogP contribution >= 0.6 is 12.4 Å². The highest BCUT2D eigenvalue weighted by atomic mass is 35.5. The number of nitrogens with zero attached hydrogens (tertiary/aromatic N) is 2. The minimum absolute atomic E-state index is 0. The number of hydrogen-bond donors (Lipinski definition) is 3. The standard InChI is InChI=1S/C9H17N5.ClH/c10-8(11)14-9(12)13-6-7-4-2-1-3-5-7;/h2,4,7H,1,3,5-6H2,(H6,10,11,12,13,14);1H. The number of allylic oxidation sites excluding steroid dienone is 1. The largest absolute Gasteiger partial charge is 0.370 e. The lowest BCUT2D eigenvalue weighted by Gasteiger charge is -2.13. The molecule has 6 N–H and O–H groups in total. The molecule has 0 saturated heterocycles. The number of rotatable bonds is 2. The Morgan fingerprint density at radius 1 is 1.33 bits per heavy atom. The molecule has 5 nitrogen and oxygen atoms in total. The topological polar surface area (TPSA) is 103 Å². The monoisotopic (exact) mass is 231 g/mol. The Hall–Kier alpha value is -1.23. The van der Waals surface area contributed by atoms with E-state index in [2.05, 4.69) is 22.1 Å². The van der Waals surface area contributed by atoms with Gasteiger partial charge in [-0.3, -0.25) is 4.99 Å². The molecule has 6 heteroatoms. The van der Waals surface area contributed by atoms with Crippen molar-refractivity contribution in [1.82, 2.24) is 0 Å². The summed E-state index contributed by atoms with van der Waals surface area (Å²) >= 11 is 0. The van der Waals surface area contributed by atoms with Crippen LogP contribution in [-0.2, 0) is 0 Å². The van der Waals surface area contributed by atoms with E-state index < -0.39 is 0 Å². The van der Waals surface area contributed by atoms with Gasteiger partial charge in [-0.15, -0.1) is 12.4 Å². The molecule has 15 heavy (non-hydrogen) atoms. The fourth-order valence-electron chi connectivity index (χ4n) is 1.41. The predicted octanol–water partition coefficient (Wildman–Crippen LogP) is 0.353. The second kappa shape index (κ2) is 7.11. The van der Waals surface area contributed by atoms with Crippen molar-refractivity contribution in [2.24, 2.45) is 33.1 Å². The lowest BCUT2D eigenvalue weighted by Crippen LogP contribution is -2.26. The smallest absolute Gasteiger partial charge is 0.218 e. The van der Waals surface area contributed by atoms with Gasteiger partial charge in [-0.2, -0.15) is 4.99 Å². The Balaban J connectivity index is 0.00000196.